The van der Waals surface area contributed by atoms with E-state index in [0.717, 1.165) is 54.4 Å². The van der Waals surface area contributed by atoms with Crippen LogP contribution in [0.2, 0.25) is 0 Å². The number of carbonyl (C=O) groups is 1. The van der Waals surface area contributed by atoms with Crippen molar-refractivity contribution in [3.63, 3.8) is 0 Å². The Balaban J connectivity index is 1.34. The Kier molecular flexibility index (Phi) is 6.72. The number of hydrogen-bond donors (Lipinski definition) is 1. The minimum absolute atomic E-state index is 0.0114. The van der Waals surface area contributed by atoms with E-state index in [-0.39, 0.29) is 11.8 Å². The van der Waals surface area contributed by atoms with Crippen LogP contribution < -0.4 is 15.0 Å². The highest BCUT2D eigenvalue weighted by Gasteiger charge is 2.26. The number of piperidine rings is 1. The number of ether oxygens (including phenoxy) is 1. The number of nitrogens with zero attached hydrogens (tertiary/aromatic N) is 3. The summed E-state index contributed by atoms with van der Waals surface area (Å²) in [6.45, 7) is 1.57. The molecule has 3 aromatic rings. The van der Waals surface area contributed by atoms with Crippen molar-refractivity contribution in [1.82, 2.24) is 10.2 Å². The quantitative estimate of drug-likeness (QED) is 0.566. The van der Waals surface area contributed by atoms with Crippen LogP contribution in [-0.2, 0) is 4.79 Å². The number of aromatic nitrogens is 2. The van der Waals surface area contributed by atoms with Crippen molar-refractivity contribution in [3.8, 4) is 17.0 Å². The van der Waals surface area contributed by atoms with E-state index in [4.69, 9.17) is 4.74 Å². The number of thioether (sulfide) groups is 1. The molecule has 1 aliphatic rings. The molecule has 2 heterocycles. The van der Waals surface area contributed by atoms with Crippen LogP contribution >= 0.6 is 11.8 Å². The zero-order valence-corrected chi connectivity index (χ0v) is 18.6. The SMILES string of the molecule is COc1ccccc1-c1ccc(N2CCC(C(=O)Nc3ccc(SC)cc3)CC2)nn1. The van der Waals surface area contributed by atoms with Gasteiger partial charge in [0.2, 0.25) is 5.91 Å². The molecule has 2 aromatic carbocycles. The van der Waals surface area contributed by atoms with Gasteiger partial charge in [-0.25, -0.2) is 0 Å². The van der Waals surface area contributed by atoms with Gasteiger partial charge in [0.05, 0.1) is 12.8 Å². The Morgan fingerprint density at radius 3 is 2.42 bits per heavy atom. The second-order valence-electron chi connectivity index (χ2n) is 7.46. The normalized spacial score (nSPS) is 14.3. The molecule has 160 valence electrons. The van der Waals surface area contributed by atoms with E-state index < -0.39 is 0 Å². The molecule has 0 saturated carbocycles. The lowest BCUT2D eigenvalue weighted by Crippen LogP contribution is -2.38. The molecule has 1 N–H and O–H groups in total. The summed E-state index contributed by atoms with van der Waals surface area (Å²) in [5.74, 6) is 1.72. The van der Waals surface area contributed by atoms with Gasteiger partial charge in [-0.3, -0.25) is 4.79 Å². The number of rotatable bonds is 6. The van der Waals surface area contributed by atoms with Crippen LogP contribution in [0.1, 0.15) is 12.8 Å². The molecular weight excluding hydrogens is 408 g/mol. The maximum absolute atomic E-state index is 12.7. The number of hydrogen-bond acceptors (Lipinski definition) is 6. The Morgan fingerprint density at radius 1 is 1.03 bits per heavy atom. The molecule has 7 heteroatoms. The molecular formula is C24H26N4O2S. The Bertz CT molecular complexity index is 1020. The molecule has 0 aliphatic carbocycles. The van der Waals surface area contributed by atoms with Crippen molar-refractivity contribution >= 4 is 29.2 Å². The standard InChI is InChI=1S/C24H26N4O2S/c1-30-22-6-4-3-5-20(22)21-11-12-23(27-26-21)28-15-13-17(14-16-28)24(29)25-18-7-9-19(31-2)10-8-18/h3-12,17H,13-16H2,1-2H3,(H,25,29). The first-order valence-corrected chi connectivity index (χ1v) is 11.6. The zero-order chi connectivity index (χ0) is 21.6. The van der Waals surface area contributed by atoms with E-state index in [1.165, 1.54) is 4.90 Å². The maximum Gasteiger partial charge on any atom is 0.227 e. The van der Waals surface area contributed by atoms with Gasteiger partial charge in [-0.15, -0.1) is 22.0 Å². The van der Waals surface area contributed by atoms with Gasteiger partial charge < -0.3 is 15.0 Å². The smallest absolute Gasteiger partial charge is 0.227 e. The van der Waals surface area contributed by atoms with Gasteiger partial charge in [-0.1, -0.05) is 12.1 Å². The van der Waals surface area contributed by atoms with E-state index in [1.54, 1.807) is 18.9 Å². The van der Waals surface area contributed by atoms with Crippen LogP contribution in [0.4, 0.5) is 11.5 Å². The topological polar surface area (TPSA) is 67.3 Å². The van der Waals surface area contributed by atoms with Crippen molar-refractivity contribution in [2.24, 2.45) is 5.92 Å². The highest BCUT2D eigenvalue weighted by atomic mass is 32.2. The summed E-state index contributed by atoms with van der Waals surface area (Å²) in [5.41, 5.74) is 2.55. The lowest BCUT2D eigenvalue weighted by molar-refractivity contribution is -0.120. The number of benzene rings is 2. The summed E-state index contributed by atoms with van der Waals surface area (Å²) in [7, 11) is 1.65. The number of nitrogens with one attached hydrogen (secondary N) is 1. The fraction of sp³-hybridized carbons (Fsp3) is 0.292. The van der Waals surface area contributed by atoms with Crippen molar-refractivity contribution in [1.29, 1.82) is 0 Å². The zero-order valence-electron chi connectivity index (χ0n) is 17.7. The predicted molar refractivity (Wildman–Crippen MR) is 126 cm³/mol. The molecule has 1 aliphatic heterocycles. The third kappa shape index (κ3) is 4.99. The van der Waals surface area contributed by atoms with E-state index >= 15 is 0 Å². The predicted octanol–water partition coefficient (Wildman–Crippen LogP) is 4.73. The van der Waals surface area contributed by atoms with E-state index in [2.05, 4.69) is 20.4 Å². The molecule has 0 bridgehead atoms. The van der Waals surface area contributed by atoms with Crippen LogP contribution in [0, 0.1) is 5.92 Å². The molecule has 6 nitrogen and oxygen atoms in total. The molecule has 31 heavy (non-hydrogen) atoms. The van der Waals surface area contributed by atoms with Crippen molar-refractivity contribution in [2.75, 3.05) is 36.7 Å². The highest BCUT2D eigenvalue weighted by molar-refractivity contribution is 7.98. The first-order chi connectivity index (χ1) is 15.2. The lowest BCUT2D eigenvalue weighted by atomic mass is 9.96. The molecule has 4 rings (SSSR count). The largest absolute Gasteiger partial charge is 0.496 e. The van der Waals surface area contributed by atoms with E-state index in [0.29, 0.717) is 0 Å². The van der Waals surface area contributed by atoms with Gasteiger partial charge in [0.15, 0.2) is 5.82 Å². The third-order valence-electron chi connectivity index (χ3n) is 5.58. The number of methoxy groups -OCH3 is 1. The monoisotopic (exact) mass is 434 g/mol. The summed E-state index contributed by atoms with van der Waals surface area (Å²) in [4.78, 5) is 16.0. The van der Waals surface area contributed by atoms with Gasteiger partial charge in [-0.05, 0) is 67.6 Å². The second-order valence-corrected chi connectivity index (χ2v) is 8.34. The van der Waals surface area contributed by atoms with E-state index in [1.807, 2.05) is 66.9 Å². The lowest BCUT2D eigenvalue weighted by Gasteiger charge is -2.31. The van der Waals surface area contributed by atoms with Crippen LogP contribution in [0.3, 0.4) is 0 Å². The summed E-state index contributed by atoms with van der Waals surface area (Å²) in [5, 5.41) is 11.9. The number of amides is 1. The Labute approximate surface area is 187 Å². The molecule has 0 spiro atoms. The summed E-state index contributed by atoms with van der Waals surface area (Å²) >= 11 is 1.69. The van der Waals surface area contributed by atoms with Crippen LogP contribution in [0.5, 0.6) is 5.75 Å². The van der Waals surface area contributed by atoms with Crippen LogP contribution in [-0.4, -0.2) is 42.6 Å². The van der Waals surface area contributed by atoms with Gasteiger partial charge >= 0.3 is 0 Å². The molecule has 0 radical (unpaired) electrons. The maximum atomic E-state index is 12.7. The molecule has 1 aromatic heterocycles. The second kappa shape index (κ2) is 9.83. The summed E-state index contributed by atoms with van der Waals surface area (Å²) in [6, 6.07) is 19.7. The Morgan fingerprint density at radius 2 is 1.77 bits per heavy atom. The fourth-order valence-electron chi connectivity index (χ4n) is 3.78. The van der Waals surface area contributed by atoms with Crippen LogP contribution in [0.25, 0.3) is 11.3 Å². The minimum Gasteiger partial charge on any atom is -0.496 e. The van der Waals surface area contributed by atoms with Crippen LogP contribution in [0.15, 0.2) is 65.6 Å². The van der Waals surface area contributed by atoms with Crippen molar-refractivity contribution in [3.05, 3.63) is 60.7 Å². The fourth-order valence-corrected chi connectivity index (χ4v) is 4.19. The van der Waals surface area contributed by atoms with Crippen molar-refractivity contribution < 1.29 is 9.53 Å². The molecule has 1 fully saturated rings. The Hall–Kier alpha value is -3.06. The molecule has 0 atom stereocenters. The van der Waals surface area contributed by atoms with Gasteiger partial charge in [0.25, 0.3) is 0 Å². The molecule has 0 unspecified atom stereocenters. The third-order valence-corrected chi connectivity index (χ3v) is 6.32. The van der Waals surface area contributed by atoms with Gasteiger partial charge in [0, 0.05) is 35.2 Å². The van der Waals surface area contributed by atoms with Gasteiger partial charge in [-0.2, -0.15) is 0 Å². The minimum atomic E-state index is 0.0114. The number of anilines is 2. The molecule has 1 amide bonds. The first-order valence-electron chi connectivity index (χ1n) is 10.3. The number of para-hydroxylation sites is 1. The molecule has 1 saturated heterocycles. The van der Waals surface area contributed by atoms with E-state index in [9.17, 15) is 4.79 Å². The van der Waals surface area contributed by atoms with Crippen molar-refractivity contribution in [2.45, 2.75) is 17.7 Å². The highest BCUT2D eigenvalue weighted by Crippen LogP contribution is 2.29. The number of carbonyl (C=O) groups excluding carboxylic acids is 1. The average molecular weight is 435 g/mol. The summed E-state index contributed by atoms with van der Waals surface area (Å²) < 4.78 is 5.42. The average Bonchev–Trinajstić information content (AvgIpc) is 2.84. The first kappa shape index (κ1) is 21.2. The van der Waals surface area contributed by atoms with Gasteiger partial charge in [0.1, 0.15) is 5.75 Å². The summed E-state index contributed by atoms with van der Waals surface area (Å²) in [6.07, 6.45) is 3.63.